The average Bonchev–Trinajstić information content (AvgIpc) is 3.24. The summed E-state index contributed by atoms with van der Waals surface area (Å²) in [5, 5.41) is 5.90. The fourth-order valence-electron chi connectivity index (χ4n) is 6.35. The molecule has 0 bridgehead atoms. The van der Waals surface area contributed by atoms with E-state index in [2.05, 4.69) is 51.6 Å². The molecule has 2 aromatic carbocycles. The van der Waals surface area contributed by atoms with Gasteiger partial charge in [-0.1, -0.05) is 18.2 Å². The molecule has 0 radical (unpaired) electrons. The van der Waals surface area contributed by atoms with Gasteiger partial charge in [0.05, 0.1) is 11.3 Å². The van der Waals surface area contributed by atoms with E-state index in [0.717, 1.165) is 60.8 Å². The van der Waals surface area contributed by atoms with Crippen LogP contribution in [0.5, 0.6) is 11.5 Å². The lowest BCUT2D eigenvalue weighted by Crippen LogP contribution is -2.58. The number of hydrogen-bond donors (Lipinski definition) is 3. The van der Waals surface area contributed by atoms with Gasteiger partial charge >= 0.3 is 0 Å². The summed E-state index contributed by atoms with van der Waals surface area (Å²) in [5.41, 5.74) is 12.6. The van der Waals surface area contributed by atoms with E-state index in [-0.39, 0.29) is 0 Å². The second-order valence-electron chi connectivity index (χ2n) is 10.8. The molecule has 1 aliphatic carbocycles. The SMILES string of the molecule is C[C@H]1CN(C2CCC(N3NC(c4ccc(Oc5ccccc5)cc4)=C4C(N)=NC=NC43C)CC2)CCN1. The third-order valence-corrected chi connectivity index (χ3v) is 8.26. The van der Waals surface area contributed by atoms with Crippen LogP contribution in [0.3, 0.4) is 0 Å². The molecule has 1 saturated carbocycles. The van der Waals surface area contributed by atoms with Gasteiger partial charge in [-0.05, 0) is 81.5 Å². The van der Waals surface area contributed by atoms with Crippen LogP contribution in [0.25, 0.3) is 5.70 Å². The Morgan fingerprint density at radius 2 is 1.68 bits per heavy atom. The fourth-order valence-corrected chi connectivity index (χ4v) is 6.35. The normalized spacial score (nSPS) is 30.5. The van der Waals surface area contributed by atoms with Crippen LogP contribution in [-0.4, -0.2) is 65.5 Å². The largest absolute Gasteiger partial charge is 0.457 e. The Hall–Kier alpha value is -3.20. The Kier molecular flexibility index (Phi) is 6.48. The molecule has 1 saturated heterocycles. The van der Waals surface area contributed by atoms with Crippen molar-refractivity contribution in [1.29, 1.82) is 0 Å². The monoisotopic (exact) mass is 499 g/mol. The van der Waals surface area contributed by atoms with Gasteiger partial charge in [-0.15, -0.1) is 0 Å². The number of aliphatic imine (C=N–C) groups is 2. The highest BCUT2D eigenvalue weighted by Crippen LogP contribution is 2.42. The van der Waals surface area contributed by atoms with Crippen molar-refractivity contribution < 1.29 is 4.74 Å². The van der Waals surface area contributed by atoms with Crippen LogP contribution < -0.4 is 21.2 Å². The first-order chi connectivity index (χ1) is 18.0. The molecule has 2 aromatic rings. The summed E-state index contributed by atoms with van der Waals surface area (Å²) < 4.78 is 6.00. The quantitative estimate of drug-likeness (QED) is 0.581. The molecule has 4 N–H and O–H groups in total. The summed E-state index contributed by atoms with van der Waals surface area (Å²) >= 11 is 0. The first-order valence-corrected chi connectivity index (χ1v) is 13.5. The van der Waals surface area contributed by atoms with E-state index in [4.69, 9.17) is 15.5 Å². The van der Waals surface area contributed by atoms with Crippen LogP contribution in [0.4, 0.5) is 0 Å². The van der Waals surface area contributed by atoms with Crippen molar-refractivity contribution in [3.05, 3.63) is 65.7 Å². The third kappa shape index (κ3) is 4.65. The number of hydrazine groups is 1. The van der Waals surface area contributed by atoms with E-state index >= 15 is 0 Å². The Labute approximate surface area is 219 Å². The number of nitrogens with two attached hydrogens (primary N) is 1. The highest BCUT2D eigenvalue weighted by Gasteiger charge is 2.50. The Morgan fingerprint density at radius 1 is 0.973 bits per heavy atom. The van der Waals surface area contributed by atoms with Gasteiger partial charge in [0, 0.05) is 37.8 Å². The van der Waals surface area contributed by atoms with Gasteiger partial charge in [0.15, 0.2) is 5.66 Å². The van der Waals surface area contributed by atoms with Gasteiger partial charge in [-0.2, -0.15) is 5.01 Å². The van der Waals surface area contributed by atoms with Crippen molar-refractivity contribution in [2.75, 3.05) is 19.6 Å². The van der Waals surface area contributed by atoms with E-state index in [9.17, 15) is 0 Å². The lowest BCUT2D eigenvalue weighted by Gasteiger charge is -2.45. The maximum absolute atomic E-state index is 6.49. The standard InChI is InChI=1S/C29H37N7O/c1-20-18-35(17-16-31-20)22-10-12-23(13-11-22)36-29(2)26(28(30)32-19-33-29)27(34-36)21-8-14-25(15-9-21)37-24-6-4-3-5-7-24/h3-9,14-15,19-20,22-23,31,34H,10-13,16-18H2,1-2H3,(H2,30,32,33)/t20-,22?,23?,29?/m0/s1. The highest BCUT2D eigenvalue weighted by atomic mass is 16.5. The summed E-state index contributed by atoms with van der Waals surface area (Å²) in [6, 6.07) is 19.6. The number of nitrogens with zero attached hydrogens (tertiary/aromatic N) is 4. The zero-order valence-corrected chi connectivity index (χ0v) is 21.7. The fraction of sp³-hybridized carbons (Fsp3) is 0.448. The first-order valence-electron chi connectivity index (χ1n) is 13.5. The number of ether oxygens (including phenoxy) is 1. The van der Waals surface area contributed by atoms with Crippen molar-refractivity contribution in [1.82, 2.24) is 20.7 Å². The summed E-state index contributed by atoms with van der Waals surface area (Å²) in [5.74, 6) is 2.14. The van der Waals surface area contributed by atoms with E-state index in [1.54, 1.807) is 6.34 Å². The van der Waals surface area contributed by atoms with Crippen LogP contribution in [-0.2, 0) is 0 Å². The molecule has 8 heteroatoms. The van der Waals surface area contributed by atoms with Crippen molar-refractivity contribution >= 4 is 17.9 Å². The van der Waals surface area contributed by atoms with Crippen molar-refractivity contribution in [3.8, 4) is 11.5 Å². The van der Waals surface area contributed by atoms with Gasteiger partial charge in [0.25, 0.3) is 0 Å². The number of hydrogen-bond acceptors (Lipinski definition) is 8. The number of rotatable bonds is 5. The van der Waals surface area contributed by atoms with Gasteiger partial charge in [0.1, 0.15) is 23.7 Å². The molecule has 2 atom stereocenters. The smallest absolute Gasteiger partial charge is 0.159 e. The minimum atomic E-state index is -0.582. The van der Waals surface area contributed by atoms with Gasteiger partial charge in [0.2, 0.25) is 0 Å². The van der Waals surface area contributed by atoms with Crippen molar-refractivity contribution in [2.24, 2.45) is 15.7 Å². The van der Waals surface area contributed by atoms with E-state index in [1.807, 2.05) is 42.5 Å². The minimum absolute atomic E-state index is 0.373. The minimum Gasteiger partial charge on any atom is -0.457 e. The molecule has 4 aliphatic rings. The number of fused-ring (bicyclic) bond motifs is 1. The van der Waals surface area contributed by atoms with Gasteiger partial charge in [-0.3, -0.25) is 4.90 Å². The zero-order valence-electron chi connectivity index (χ0n) is 21.7. The second-order valence-corrected chi connectivity index (χ2v) is 10.8. The molecule has 6 rings (SSSR count). The summed E-state index contributed by atoms with van der Waals surface area (Å²) in [6.45, 7) is 7.82. The van der Waals surface area contributed by atoms with Gasteiger partial charge in [-0.25, -0.2) is 9.98 Å². The highest BCUT2D eigenvalue weighted by molar-refractivity contribution is 6.10. The number of amidine groups is 1. The van der Waals surface area contributed by atoms with Crippen LogP contribution in [0.2, 0.25) is 0 Å². The maximum Gasteiger partial charge on any atom is 0.159 e. The molecule has 3 heterocycles. The van der Waals surface area contributed by atoms with Crippen LogP contribution in [0, 0.1) is 0 Å². The predicted octanol–water partition coefficient (Wildman–Crippen LogP) is 3.73. The molecule has 1 unspecified atom stereocenters. The number of benzene rings is 2. The van der Waals surface area contributed by atoms with E-state index in [1.165, 1.54) is 12.8 Å². The summed E-state index contributed by atoms with van der Waals surface area (Å²) in [4.78, 5) is 11.9. The van der Waals surface area contributed by atoms with Crippen molar-refractivity contribution in [2.45, 2.75) is 63.3 Å². The lowest BCUT2D eigenvalue weighted by molar-refractivity contribution is 0.0256. The zero-order chi connectivity index (χ0) is 25.4. The molecule has 3 aliphatic heterocycles. The average molecular weight is 500 g/mol. The molecule has 0 amide bonds. The number of para-hydroxylation sites is 1. The molecule has 8 nitrogen and oxygen atoms in total. The third-order valence-electron chi connectivity index (χ3n) is 8.26. The molecule has 0 spiro atoms. The van der Waals surface area contributed by atoms with E-state index < -0.39 is 5.66 Å². The molecule has 37 heavy (non-hydrogen) atoms. The topological polar surface area (TPSA) is 90.5 Å². The maximum atomic E-state index is 6.49. The lowest BCUT2D eigenvalue weighted by atomic mass is 9.87. The molecule has 2 fully saturated rings. The van der Waals surface area contributed by atoms with Crippen molar-refractivity contribution in [3.63, 3.8) is 0 Å². The molecular weight excluding hydrogens is 462 g/mol. The number of nitrogens with one attached hydrogen (secondary N) is 2. The summed E-state index contributed by atoms with van der Waals surface area (Å²) in [7, 11) is 0. The predicted molar refractivity (Wildman–Crippen MR) is 148 cm³/mol. The van der Waals surface area contributed by atoms with Crippen LogP contribution >= 0.6 is 0 Å². The van der Waals surface area contributed by atoms with Gasteiger partial charge < -0.3 is 21.2 Å². The first kappa shape index (κ1) is 24.2. The molecular formula is C29H37N7O. The Bertz CT molecular complexity index is 1200. The Morgan fingerprint density at radius 3 is 2.41 bits per heavy atom. The van der Waals surface area contributed by atoms with Crippen LogP contribution in [0.15, 0.2) is 70.2 Å². The molecule has 194 valence electrons. The second kappa shape index (κ2) is 9.93. The number of piperazine rings is 1. The van der Waals surface area contributed by atoms with E-state index in [0.29, 0.717) is 24.0 Å². The van der Waals surface area contributed by atoms with Crippen LogP contribution in [0.1, 0.15) is 45.1 Å². The molecule has 0 aromatic heterocycles. The summed E-state index contributed by atoms with van der Waals surface area (Å²) in [6.07, 6.45) is 6.27. The Balaban J connectivity index is 1.20.